The molecule has 0 fully saturated rings. The number of aryl methyl sites for hydroxylation is 1. The third kappa shape index (κ3) is 3.52. The van der Waals surface area contributed by atoms with Crippen LogP contribution in [0.2, 0.25) is 0 Å². The van der Waals surface area contributed by atoms with Gasteiger partial charge in [-0.2, -0.15) is 0 Å². The highest BCUT2D eigenvalue weighted by molar-refractivity contribution is 5.95. The topological polar surface area (TPSA) is 60.7 Å². The molecule has 2 aromatic carbocycles. The molecule has 0 atom stereocenters. The molecule has 0 aliphatic carbocycles. The van der Waals surface area contributed by atoms with Gasteiger partial charge in [-0.25, -0.2) is 0 Å². The molecule has 3 aromatic rings. The Hall–Kier alpha value is -2.95. The standard InChI is InChI=1S/C21H23NO4/c1-5-14-6-7-17-15(12-26-20(17)8-14)9-21(23)22-16-10-18(24-3)13(2)19(11-16)25-4/h6-8,10-12H,5,9H2,1-4H3,(H,22,23). The molecule has 3 rings (SSSR count). The Labute approximate surface area is 152 Å². The lowest BCUT2D eigenvalue weighted by molar-refractivity contribution is -0.115. The van der Waals surface area contributed by atoms with E-state index in [1.165, 1.54) is 5.56 Å². The summed E-state index contributed by atoms with van der Waals surface area (Å²) in [5, 5.41) is 3.87. The Balaban J connectivity index is 1.79. The first kappa shape index (κ1) is 17.9. The number of amides is 1. The van der Waals surface area contributed by atoms with E-state index >= 15 is 0 Å². The first-order valence-corrected chi connectivity index (χ1v) is 8.57. The van der Waals surface area contributed by atoms with E-state index in [2.05, 4.69) is 18.3 Å². The molecule has 5 heteroatoms. The van der Waals surface area contributed by atoms with Crippen molar-refractivity contribution < 1.29 is 18.7 Å². The summed E-state index contributed by atoms with van der Waals surface area (Å²) in [5.74, 6) is 1.21. The van der Waals surface area contributed by atoms with Gasteiger partial charge in [-0.1, -0.05) is 19.1 Å². The lowest BCUT2D eigenvalue weighted by Crippen LogP contribution is -2.14. The smallest absolute Gasteiger partial charge is 0.228 e. The highest BCUT2D eigenvalue weighted by atomic mass is 16.5. The second-order valence-corrected chi connectivity index (χ2v) is 6.18. The molecule has 1 N–H and O–H groups in total. The van der Waals surface area contributed by atoms with Crippen molar-refractivity contribution >= 4 is 22.6 Å². The Morgan fingerprint density at radius 1 is 1.12 bits per heavy atom. The van der Waals surface area contributed by atoms with Crippen LogP contribution in [0.3, 0.4) is 0 Å². The normalized spacial score (nSPS) is 10.8. The summed E-state index contributed by atoms with van der Waals surface area (Å²) in [7, 11) is 3.19. The fraction of sp³-hybridized carbons (Fsp3) is 0.286. The van der Waals surface area contributed by atoms with Gasteiger partial charge in [0.05, 0.1) is 26.9 Å². The summed E-state index contributed by atoms with van der Waals surface area (Å²) in [6, 6.07) is 9.67. The van der Waals surface area contributed by atoms with E-state index in [0.717, 1.165) is 28.5 Å². The van der Waals surface area contributed by atoms with E-state index in [0.29, 0.717) is 17.2 Å². The fourth-order valence-corrected chi connectivity index (χ4v) is 3.02. The van der Waals surface area contributed by atoms with Gasteiger partial charge in [0.25, 0.3) is 0 Å². The molecule has 5 nitrogen and oxygen atoms in total. The minimum Gasteiger partial charge on any atom is -0.496 e. The van der Waals surface area contributed by atoms with Crippen LogP contribution in [0.5, 0.6) is 11.5 Å². The Morgan fingerprint density at radius 3 is 2.42 bits per heavy atom. The number of fused-ring (bicyclic) bond motifs is 1. The van der Waals surface area contributed by atoms with Crippen LogP contribution in [0.25, 0.3) is 11.0 Å². The van der Waals surface area contributed by atoms with Gasteiger partial charge < -0.3 is 19.2 Å². The van der Waals surface area contributed by atoms with Crippen molar-refractivity contribution in [2.45, 2.75) is 26.7 Å². The number of benzene rings is 2. The number of ether oxygens (including phenoxy) is 2. The summed E-state index contributed by atoms with van der Waals surface area (Å²) >= 11 is 0. The summed E-state index contributed by atoms with van der Waals surface area (Å²) in [4.78, 5) is 12.5. The number of hydrogen-bond acceptors (Lipinski definition) is 4. The van der Waals surface area contributed by atoms with Crippen molar-refractivity contribution in [2.75, 3.05) is 19.5 Å². The summed E-state index contributed by atoms with van der Waals surface area (Å²) < 4.78 is 16.3. The molecule has 0 aliphatic rings. The highest BCUT2D eigenvalue weighted by Crippen LogP contribution is 2.32. The Morgan fingerprint density at radius 2 is 1.81 bits per heavy atom. The Bertz CT molecular complexity index is 917. The molecular formula is C21H23NO4. The van der Waals surface area contributed by atoms with Gasteiger partial charge in [0.1, 0.15) is 17.1 Å². The van der Waals surface area contributed by atoms with Crippen LogP contribution < -0.4 is 14.8 Å². The molecule has 0 saturated heterocycles. The van der Waals surface area contributed by atoms with Crippen molar-refractivity contribution in [2.24, 2.45) is 0 Å². The van der Waals surface area contributed by atoms with E-state index in [4.69, 9.17) is 13.9 Å². The molecular weight excluding hydrogens is 330 g/mol. The maximum atomic E-state index is 12.5. The van der Waals surface area contributed by atoms with Gasteiger partial charge in [-0.15, -0.1) is 0 Å². The average Bonchev–Trinajstić information content (AvgIpc) is 3.04. The van der Waals surface area contributed by atoms with Crippen molar-refractivity contribution in [3.8, 4) is 11.5 Å². The third-order valence-corrected chi connectivity index (χ3v) is 4.52. The first-order valence-electron chi connectivity index (χ1n) is 8.57. The van der Waals surface area contributed by atoms with Crippen LogP contribution in [0, 0.1) is 6.92 Å². The minimum absolute atomic E-state index is 0.125. The average molecular weight is 353 g/mol. The quantitative estimate of drug-likeness (QED) is 0.709. The predicted molar refractivity (Wildman–Crippen MR) is 102 cm³/mol. The van der Waals surface area contributed by atoms with E-state index in [1.54, 1.807) is 32.6 Å². The molecule has 0 aliphatic heterocycles. The maximum absolute atomic E-state index is 12.5. The molecule has 1 heterocycles. The van der Waals surface area contributed by atoms with Crippen LogP contribution in [-0.4, -0.2) is 20.1 Å². The van der Waals surface area contributed by atoms with Crippen molar-refractivity contribution in [1.82, 2.24) is 0 Å². The monoisotopic (exact) mass is 353 g/mol. The van der Waals surface area contributed by atoms with Crippen molar-refractivity contribution in [3.63, 3.8) is 0 Å². The number of anilines is 1. The SMILES string of the molecule is CCc1ccc2c(CC(=O)Nc3cc(OC)c(C)c(OC)c3)coc2c1. The number of furan rings is 1. The predicted octanol–water partition coefficient (Wildman–Crippen LogP) is 4.50. The van der Waals surface area contributed by atoms with E-state index in [9.17, 15) is 4.79 Å². The zero-order valence-electron chi connectivity index (χ0n) is 15.5. The summed E-state index contributed by atoms with van der Waals surface area (Å²) in [6.45, 7) is 4.01. The van der Waals surface area contributed by atoms with Crippen LogP contribution >= 0.6 is 0 Å². The Kier molecular flexibility index (Phi) is 5.16. The van der Waals surface area contributed by atoms with E-state index in [-0.39, 0.29) is 12.3 Å². The molecule has 0 radical (unpaired) electrons. The van der Waals surface area contributed by atoms with Gasteiger partial charge in [-0.05, 0) is 25.0 Å². The minimum atomic E-state index is -0.125. The summed E-state index contributed by atoms with van der Waals surface area (Å²) in [6.07, 6.45) is 2.83. The number of methoxy groups -OCH3 is 2. The molecule has 0 saturated carbocycles. The number of hydrogen-bond donors (Lipinski definition) is 1. The number of carbonyl (C=O) groups is 1. The maximum Gasteiger partial charge on any atom is 0.228 e. The van der Waals surface area contributed by atoms with Gasteiger partial charge in [0.15, 0.2) is 0 Å². The fourth-order valence-electron chi connectivity index (χ4n) is 3.02. The summed E-state index contributed by atoms with van der Waals surface area (Å²) in [5.41, 5.74) is 4.41. The van der Waals surface area contributed by atoms with Gasteiger partial charge >= 0.3 is 0 Å². The zero-order valence-corrected chi connectivity index (χ0v) is 15.5. The van der Waals surface area contributed by atoms with E-state index < -0.39 is 0 Å². The lowest BCUT2D eigenvalue weighted by Gasteiger charge is -2.13. The number of nitrogens with one attached hydrogen (secondary N) is 1. The van der Waals surface area contributed by atoms with Crippen LogP contribution in [0.15, 0.2) is 41.0 Å². The van der Waals surface area contributed by atoms with Gasteiger partial charge in [0, 0.05) is 34.3 Å². The van der Waals surface area contributed by atoms with E-state index in [1.807, 2.05) is 19.1 Å². The lowest BCUT2D eigenvalue weighted by atomic mass is 10.1. The molecule has 0 unspecified atom stereocenters. The first-order chi connectivity index (χ1) is 12.5. The van der Waals surface area contributed by atoms with Crippen LogP contribution in [0.1, 0.15) is 23.6 Å². The molecule has 1 amide bonds. The second-order valence-electron chi connectivity index (χ2n) is 6.18. The third-order valence-electron chi connectivity index (χ3n) is 4.52. The largest absolute Gasteiger partial charge is 0.496 e. The van der Waals surface area contributed by atoms with Gasteiger partial charge in [-0.3, -0.25) is 4.79 Å². The number of rotatable bonds is 6. The van der Waals surface area contributed by atoms with Crippen LogP contribution in [0.4, 0.5) is 5.69 Å². The second kappa shape index (κ2) is 7.52. The van der Waals surface area contributed by atoms with Gasteiger partial charge in [0.2, 0.25) is 5.91 Å². The van der Waals surface area contributed by atoms with Crippen molar-refractivity contribution in [1.29, 1.82) is 0 Å². The molecule has 1 aromatic heterocycles. The molecule has 136 valence electrons. The molecule has 0 bridgehead atoms. The van der Waals surface area contributed by atoms with Crippen molar-refractivity contribution in [3.05, 3.63) is 53.3 Å². The zero-order chi connectivity index (χ0) is 18.7. The van der Waals surface area contributed by atoms with Crippen LogP contribution in [-0.2, 0) is 17.6 Å². The molecule has 26 heavy (non-hydrogen) atoms. The molecule has 0 spiro atoms. The highest BCUT2D eigenvalue weighted by Gasteiger charge is 2.13. The number of carbonyl (C=O) groups excluding carboxylic acids is 1.